The first-order valence-corrected chi connectivity index (χ1v) is 14.1. The van der Waals surface area contributed by atoms with Crippen molar-refractivity contribution in [2.75, 3.05) is 26.2 Å². The Bertz CT molecular complexity index is 809. The van der Waals surface area contributed by atoms with E-state index < -0.39 is 12.2 Å². The maximum absolute atomic E-state index is 10.2. The highest BCUT2D eigenvalue weighted by molar-refractivity contribution is 5.29. The molecule has 0 amide bonds. The van der Waals surface area contributed by atoms with E-state index >= 15 is 0 Å². The van der Waals surface area contributed by atoms with Gasteiger partial charge in [0.2, 0.25) is 0 Å². The molecular weight excluding hydrogens is 422 g/mol. The van der Waals surface area contributed by atoms with Crippen LogP contribution in [0.3, 0.4) is 0 Å². The summed E-state index contributed by atoms with van der Waals surface area (Å²) in [5.41, 5.74) is 3.91. The van der Waals surface area contributed by atoms with Crippen LogP contribution in [0.2, 0.25) is 0 Å². The summed E-state index contributed by atoms with van der Waals surface area (Å²) in [5, 5.41) is 20.4. The summed E-state index contributed by atoms with van der Waals surface area (Å²) in [5.74, 6) is 2.20. The fraction of sp³-hybridized carbons (Fsp3) is 0.800. The normalized spacial score (nSPS) is 40.6. The maximum atomic E-state index is 10.2. The van der Waals surface area contributed by atoms with Crippen LogP contribution >= 0.6 is 0 Å². The summed E-state index contributed by atoms with van der Waals surface area (Å²) >= 11 is 0. The molecule has 4 heteroatoms. The number of rotatable bonds is 4. The number of aliphatic hydroxyl groups is 2. The minimum absolute atomic E-state index is 0.168. The molecule has 5 fully saturated rings. The van der Waals surface area contributed by atoms with E-state index in [-0.39, 0.29) is 5.60 Å². The van der Waals surface area contributed by atoms with Gasteiger partial charge in [-0.25, -0.2) is 0 Å². The third-order valence-electron chi connectivity index (χ3n) is 10.4. The van der Waals surface area contributed by atoms with Crippen molar-refractivity contribution in [3.05, 3.63) is 35.5 Å². The van der Waals surface area contributed by atoms with Crippen LogP contribution in [0.25, 0.3) is 0 Å². The van der Waals surface area contributed by atoms with Gasteiger partial charge in [0, 0.05) is 19.6 Å². The quantitative estimate of drug-likeness (QED) is 0.541. The van der Waals surface area contributed by atoms with Crippen LogP contribution < -0.4 is 0 Å². The van der Waals surface area contributed by atoms with Crippen molar-refractivity contribution in [3.63, 3.8) is 0 Å². The van der Waals surface area contributed by atoms with Crippen LogP contribution in [-0.4, -0.2) is 59.2 Å². The second-order valence-electron chi connectivity index (χ2n) is 12.6. The molecule has 0 bridgehead atoms. The van der Waals surface area contributed by atoms with E-state index in [0.717, 1.165) is 37.1 Å². The van der Waals surface area contributed by atoms with Gasteiger partial charge in [0.15, 0.2) is 0 Å². The number of ether oxygens (including phenoxy) is 1. The van der Waals surface area contributed by atoms with Crippen LogP contribution in [-0.2, 0) is 4.74 Å². The Balaban J connectivity index is 1.25. The number of hydrogen-bond acceptors (Lipinski definition) is 4. The zero-order chi connectivity index (χ0) is 23.9. The Labute approximate surface area is 207 Å². The van der Waals surface area contributed by atoms with Gasteiger partial charge in [0.25, 0.3) is 0 Å². The number of nitrogens with zero attached hydrogens (tertiary/aromatic N) is 1. The van der Waals surface area contributed by atoms with Crippen molar-refractivity contribution >= 4 is 0 Å². The molecule has 1 saturated heterocycles. The molecule has 0 aromatic rings. The second kappa shape index (κ2) is 9.84. The predicted molar refractivity (Wildman–Crippen MR) is 137 cm³/mol. The van der Waals surface area contributed by atoms with Crippen molar-refractivity contribution in [2.45, 2.75) is 102 Å². The first-order chi connectivity index (χ1) is 16.3. The van der Waals surface area contributed by atoms with Gasteiger partial charge in [-0.15, -0.1) is 0 Å². The molecule has 0 aromatic carbocycles. The molecule has 34 heavy (non-hydrogen) atoms. The molecule has 1 aliphatic heterocycles. The van der Waals surface area contributed by atoms with E-state index in [0.29, 0.717) is 29.7 Å². The van der Waals surface area contributed by atoms with E-state index in [9.17, 15) is 10.2 Å². The molecule has 0 aromatic heterocycles. The molecule has 1 heterocycles. The van der Waals surface area contributed by atoms with E-state index in [2.05, 4.69) is 37.5 Å². The summed E-state index contributed by atoms with van der Waals surface area (Å²) in [6, 6.07) is 0. The predicted octanol–water partition coefficient (Wildman–Crippen LogP) is 5.41. The molecule has 5 rings (SSSR count). The Morgan fingerprint density at radius 3 is 2.56 bits per heavy atom. The minimum Gasteiger partial charge on any atom is -0.388 e. The van der Waals surface area contributed by atoms with Gasteiger partial charge in [-0.3, -0.25) is 4.90 Å². The molecule has 6 atom stereocenters. The molecule has 0 radical (unpaired) electrons. The maximum Gasteiger partial charge on any atom is 0.0809 e. The number of aliphatic hydroxyl groups excluding tert-OH is 2. The van der Waals surface area contributed by atoms with Crippen LogP contribution in [0.15, 0.2) is 35.5 Å². The smallest absolute Gasteiger partial charge is 0.0809 e. The monoisotopic (exact) mass is 469 g/mol. The van der Waals surface area contributed by atoms with Crippen molar-refractivity contribution in [1.29, 1.82) is 0 Å². The third kappa shape index (κ3) is 4.73. The lowest BCUT2D eigenvalue weighted by atomic mass is 9.61. The molecule has 2 N–H and O–H groups in total. The van der Waals surface area contributed by atoms with E-state index in [4.69, 9.17) is 4.74 Å². The van der Waals surface area contributed by atoms with Gasteiger partial charge in [-0.05, 0) is 86.5 Å². The zero-order valence-electron chi connectivity index (χ0n) is 21.6. The highest BCUT2D eigenvalue weighted by Crippen LogP contribution is 2.59. The third-order valence-corrected chi connectivity index (χ3v) is 10.4. The van der Waals surface area contributed by atoms with Crippen molar-refractivity contribution in [3.8, 4) is 0 Å². The van der Waals surface area contributed by atoms with Crippen LogP contribution in [0.1, 0.15) is 84.5 Å². The van der Waals surface area contributed by atoms with Crippen LogP contribution in [0, 0.1) is 23.2 Å². The Hall–Kier alpha value is -0.940. The minimum atomic E-state index is -0.606. The summed E-state index contributed by atoms with van der Waals surface area (Å²) < 4.78 is 6.29. The standard InChI is InChI=1S/C30H47NO3/c1-21(19-31-15-16-34-30(20-31)13-4-5-14-30)25-10-11-26-24(7-6-12-29(25,26)3)9-8-23-17-27(32)22(2)28(33)18-23/h8-9,21,25-28,32-33H,2,4-7,10-20H2,1,3H3/t21?,25-,26+,27-,28-,29-/m1/s1. The molecule has 190 valence electrons. The molecule has 1 unspecified atom stereocenters. The summed E-state index contributed by atoms with van der Waals surface area (Å²) in [6.07, 6.45) is 16.3. The van der Waals surface area contributed by atoms with Gasteiger partial charge in [0.05, 0.1) is 24.4 Å². The van der Waals surface area contributed by atoms with Gasteiger partial charge in [-0.1, -0.05) is 56.6 Å². The Kier molecular flexibility index (Phi) is 7.16. The lowest BCUT2D eigenvalue weighted by Crippen LogP contribution is -2.52. The number of fused-ring (bicyclic) bond motifs is 1. The highest BCUT2D eigenvalue weighted by Gasteiger charge is 2.51. The van der Waals surface area contributed by atoms with Crippen LogP contribution in [0.4, 0.5) is 0 Å². The molecule has 4 saturated carbocycles. The molecule has 4 aliphatic carbocycles. The zero-order valence-corrected chi connectivity index (χ0v) is 21.6. The second-order valence-corrected chi connectivity index (χ2v) is 12.6. The van der Waals surface area contributed by atoms with E-state index in [1.165, 1.54) is 64.3 Å². The average Bonchev–Trinajstić information content (AvgIpc) is 3.39. The van der Waals surface area contributed by atoms with Crippen molar-refractivity contribution in [1.82, 2.24) is 4.90 Å². The average molecular weight is 470 g/mol. The summed E-state index contributed by atoms with van der Waals surface area (Å²) in [4.78, 5) is 2.73. The molecule has 1 spiro atoms. The van der Waals surface area contributed by atoms with Gasteiger partial charge >= 0.3 is 0 Å². The topological polar surface area (TPSA) is 52.9 Å². The molecule has 4 nitrogen and oxygen atoms in total. The Morgan fingerprint density at radius 2 is 1.82 bits per heavy atom. The van der Waals surface area contributed by atoms with Gasteiger partial charge < -0.3 is 14.9 Å². The van der Waals surface area contributed by atoms with Crippen LogP contribution in [0.5, 0.6) is 0 Å². The lowest BCUT2D eigenvalue weighted by Gasteiger charge is -2.46. The molecular formula is C30H47NO3. The number of hydrogen-bond donors (Lipinski definition) is 2. The Morgan fingerprint density at radius 1 is 1.09 bits per heavy atom. The molecule has 5 aliphatic rings. The first kappa shape index (κ1) is 24.7. The van der Waals surface area contributed by atoms with Crippen molar-refractivity contribution < 1.29 is 14.9 Å². The largest absolute Gasteiger partial charge is 0.388 e. The lowest BCUT2D eigenvalue weighted by molar-refractivity contribution is -0.109. The number of morpholine rings is 1. The summed E-state index contributed by atoms with van der Waals surface area (Å²) in [7, 11) is 0. The van der Waals surface area contributed by atoms with E-state index in [1.807, 2.05) is 0 Å². The fourth-order valence-electron chi connectivity index (χ4n) is 8.58. The fourth-order valence-corrected chi connectivity index (χ4v) is 8.58. The van der Waals surface area contributed by atoms with E-state index in [1.54, 1.807) is 5.57 Å². The van der Waals surface area contributed by atoms with Gasteiger partial charge in [-0.2, -0.15) is 0 Å². The number of allylic oxidation sites excluding steroid dienone is 3. The first-order valence-electron chi connectivity index (χ1n) is 14.1. The SMILES string of the molecule is C=C1[C@H](O)CC(=CC=C2CCC[C@]3(C)[C@@H](C(C)CN4CCOC5(CCCC5)C4)CC[C@@H]23)C[C@H]1O. The van der Waals surface area contributed by atoms with Crippen molar-refractivity contribution in [2.24, 2.45) is 23.2 Å². The summed E-state index contributed by atoms with van der Waals surface area (Å²) in [6.45, 7) is 13.3. The van der Waals surface area contributed by atoms with Gasteiger partial charge in [0.1, 0.15) is 0 Å². The highest BCUT2D eigenvalue weighted by atomic mass is 16.5.